The number of aromatic nitrogens is 10. The van der Waals surface area contributed by atoms with Gasteiger partial charge in [0.15, 0.2) is 32.9 Å². The summed E-state index contributed by atoms with van der Waals surface area (Å²) in [7, 11) is 2.20. The quantitative estimate of drug-likeness (QED) is 0.0154. The van der Waals surface area contributed by atoms with E-state index in [1.807, 2.05) is 107 Å². The molecular weight excluding hydrogens is 1460 g/mol. The lowest BCUT2D eigenvalue weighted by Crippen LogP contribution is -2.44. The first-order chi connectivity index (χ1) is 53.9. The molecule has 0 unspecified atom stereocenters. The van der Waals surface area contributed by atoms with Gasteiger partial charge in [0.1, 0.15) is 40.7 Å². The van der Waals surface area contributed by atoms with Gasteiger partial charge in [0.2, 0.25) is 17.7 Å². The number of benzene rings is 3. The normalized spacial score (nSPS) is 19.0. The first kappa shape index (κ1) is 78.3. The number of H-pyrrole nitrogens is 2. The maximum Gasteiger partial charge on any atom is 0.227 e. The van der Waals surface area contributed by atoms with Crippen LogP contribution in [0.4, 0.5) is 68.0 Å². The van der Waals surface area contributed by atoms with Crippen LogP contribution in [0.2, 0.25) is 0 Å². The number of carbonyl (C=O) groups excluding carboxylic acids is 3. The molecule has 2 saturated carbocycles. The van der Waals surface area contributed by atoms with Gasteiger partial charge in [0, 0.05) is 161 Å². The van der Waals surface area contributed by atoms with Crippen molar-refractivity contribution >= 4 is 122 Å². The highest BCUT2D eigenvalue weighted by atomic mass is 32.2. The van der Waals surface area contributed by atoms with Crippen LogP contribution in [0.1, 0.15) is 138 Å². The third kappa shape index (κ3) is 21.8. The molecule has 31 heteroatoms. The van der Waals surface area contributed by atoms with Crippen LogP contribution < -0.4 is 52.8 Å². The molecule has 27 nitrogen and oxygen atoms in total. The number of allylic oxidation sites excluding steroid dienone is 1. The standard InChI is InChI=1S/C28H38N8OS.C27H33FN8OS.C25H32N8OS.7H2/c1-2-27(37)31-20-7-9-22(10-8-20)38-28-33-25(32-24(30)17-23(29)19-5-6-19)18-26(34-28)36-15-11-21(12-16-36)35-13-3-4-14-35;1-17-13-23(34-33-17)30-22-15-24(36-11-8-27(9-12-36)7-10-35(2)16-27)32-26(31-22)38-21-6-5-19(14-20(21)28)29-25(37)18-3-4-18;1-3-24(34)26-18-6-8-20(9-7-18)35-25-28-21(27-22-14-17(2)30-31-22)15-23(29-25)33-13-10-19(16-33)32-11-4-5-12-32;;;;;;;/h7-10,17-19,21H,2-6,11-16,29H2,1H3,(H,31,37)(H2,30,32,33,34);5-6,13-15,18H,3-4,7-12,16H2,1-2H3,(H,29,37)(H2,30,31,32,33,34);6-9,14-15,19H,3-5,10-13,16H2,1-2H3,(H,26,34)(H2,27,28,29,30,31);7*1H/t;;19-;;;;;;;/m..0......./s1. The molecule has 6 saturated heterocycles. The number of anilines is 10. The zero-order valence-corrected chi connectivity index (χ0v) is 66.6. The number of carbonyl (C=O) groups is 3. The number of amides is 3. The average molecular weight is 1580 g/mol. The first-order valence-corrected chi connectivity index (χ1v) is 41.7. The van der Waals surface area contributed by atoms with Crippen LogP contribution in [0.15, 0.2) is 144 Å². The van der Waals surface area contributed by atoms with Crippen LogP contribution in [0.25, 0.3) is 0 Å². The fourth-order valence-electron chi connectivity index (χ4n) is 15.1. The number of likely N-dealkylation sites (tertiary alicyclic amines) is 3. The van der Waals surface area contributed by atoms with Crippen molar-refractivity contribution < 1.29 is 28.8 Å². The minimum atomic E-state index is -0.416. The highest BCUT2D eigenvalue weighted by molar-refractivity contribution is 7.99. The number of nitrogens with two attached hydrogens (primary N) is 2. The van der Waals surface area contributed by atoms with E-state index in [2.05, 4.69) is 93.4 Å². The van der Waals surface area contributed by atoms with E-state index in [-0.39, 0.29) is 33.6 Å². The van der Waals surface area contributed by atoms with Gasteiger partial charge in [0.05, 0.1) is 4.90 Å². The van der Waals surface area contributed by atoms with E-state index in [0.717, 1.165) is 165 Å². The Morgan fingerprint density at radius 2 is 1.04 bits per heavy atom. The molecule has 3 aromatic carbocycles. The number of nitrogens with one attached hydrogen (secondary N) is 7. The molecule has 111 heavy (non-hydrogen) atoms. The topological polar surface area (TPSA) is 330 Å². The molecule has 8 aliphatic rings. The Morgan fingerprint density at radius 1 is 0.550 bits per heavy atom. The third-order valence-corrected chi connectivity index (χ3v) is 24.3. The van der Waals surface area contributed by atoms with Gasteiger partial charge in [0.25, 0.3) is 0 Å². The summed E-state index contributed by atoms with van der Waals surface area (Å²) < 4.78 is 15.0. The predicted octanol–water partition coefficient (Wildman–Crippen LogP) is 15.2. The molecule has 11 N–H and O–H groups in total. The Morgan fingerprint density at radius 3 is 1.55 bits per heavy atom. The van der Waals surface area contributed by atoms with Gasteiger partial charge in [-0.3, -0.25) is 29.5 Å². The number of aryl methyl sites for hydroxylation is 2. The van der Waals surface area contributed by atoms with E-state index in [4.69, 9.17) is 36.4 Å². The smallest absolute Gasteiger partial charge is 0.227 e. The van der Waals surface area contributed by atoms with Crippen LogP contribution in [0.3, 0.4) is 0 Å². The SMILES string of the molecule is CCC(=O)Nc1ccc(Sc2nc(N=C(N)C=C(N)C3CC3)cc(N3CCC(N4CCCC4)CC3)n2)cc1.CCC(=O)Nc1ccc(Sc2nc(Nc3cc(C)[nH]n3)cc(N3CC[C@H](N4CCCC4)C3)n2)cc1.Cc1cc(Nc2cc(N3CCC4(CCN(C)C4)CC3)nc(Sc3ccc(NC(=O)C4CC4)cc3F)n2)n[nH]1.[HH].[HH].[HH].[HH].[HH].[HH].[HH]. The number of rotatable bonds is 24. The monoisotopic (exact) mass is 1580 g/mol. The van der Waals surface area contributed by atoms with E-state index in [1.54, 1.807) is 18.2 Å². The molecule has 6 aliphatic heterocycles. The lowest BCUT2D eigenvalue weighted by atomic mass is 9.78. The minimum absolute atomic E-state index is 0. The molecule has 0 radical (unpaired) electrons. The fourth-order valence-corrected chi connectivity index (χ4v) is 17.4. The average Bonchev–Trinajstić information content (AvgIpc) is 1.04. The Bertz CT molecular complexity index is 4620. The zero-order chi connectivity index (χ0) is 77.0. The second-order valence-electron chi connectivity index (χ2n) is 30.4. The third-order valence-electron chi connectivity index (χ3n) is 21.6. The summed E-state index contributed by atoms with van der Waals surface area (Å²) >= 11 is 4.16. The number of amidine groups is 1. The van der Waals surface area contributed by atoms with E-state index >= 15 is 4.39 Å². The molecule has 1 atom stereocenters. The van der Waals surface area contributed by atoms with Crippen molar-refractivity contribution in [3.63, 3.8) is 0 Å². The molecule has 0 bridgehead atoms. The van der Waals surface area contributed by atoms with Gasteiger partial charge >= 0.3 is 0 Å². The number of aromatic amines is 2. The summed E-state index contributed by atoms with van der Waals surface area (Å²) in [6.07, 6.45) is 18.9. The van der Waals surface area contributed by atoms with Gasteiger partial charge in [-0.05, 0) is 263 Å². The maximum absolute atomic E-state index is 15.0. The van der Waals surface area contributed by atoms with Gasteiger partial charge in [-0.15, -0.1) is 0 Å². The van der Waals surface area contributed by atoms with E-state index < -0.39 is 5.82 Å². The molecule has 8 aromatic rings. The molecular formula is C80H117FN24O3S3. The molecule has 3 amide bonds. The van der Waals surface area contributed by atoms with Gasteiger partial charge in [-0.25, -0.2) is 39.3 Å². The summed E-state index contributed by atoms with van der Waals surface area (Å²) in [5, 5.41) is 31.4. The molecule has 1 spiro atoms. The number of piperidine rings is 2. The number of hydrogen-bond acceptors (Lipinski definition) is 24. The predicted molar refractivity (Wildman–Crippen MR) is 455 cm³/mol. The van der Waals surface area contributed by atoms with Crippen molar-refractivity contribution in [3.05, 3.63) is 126 Å². The van der Waals surface area contributed by atoms with Gasteiger partial charge < -0.3 is 62.6 Å². The Hall–Kier alpha value is -9.40. The Kier molecular flexibility index (Phi) is 25.7. The summed E-state index contributed by atoms with van der Waals surface area (Å²) in [6.45, 7) is 20.6. The lowest BCUT2D eigenvalue weighted by Gasteiger charge is -2.39. The van der Waals surface area contributed by atoms with Crippen LogP contribution in [0.5, 0.6) is 0 Å². The van der Waals surface area contributed by atoms with Crippen molar-refractivity contribution in [1.82, 2.24) is 65.0 Å². The molecule has 11 heterocycles. The van der Waals surface area contributed by atoms with Gasteiger partial charge in [-0.1, -0.05) is 13.8 Å². The van der Waals surface area contributed by atoms with Crippen molar-refractivity contribution in [1.29, 1.82) is 0 Å². The van der Waals surface area contributed by atoms with Crippen molar-refractivity contribution in [2.75, 3.05) is 127 Å². The largest absolute Gasteiger partial charge is 0.402 e. The van der Waals surface area contributed by atoms with Crippen LogP contribution in [0, 0.1) is 36.9 Å². The maximum atomic E-state index is 15.0. The summed E-state index contributed by atoms with van der Waals surface area (Å²) in [4.78, 5) is 85.9. The lowest BCUT2D eigenvalue weighted by molar-refractivity contribution is -0.117. The van der Waals surface area contributed by atoms with E-state index in [1.165, 1.54) is 113 Å². The molecule has 16 rings (SSSR count). The van der Waals surface area contributed by atoms with Crippen LogP contribution in [-0.2, 0) is 14.4 Å². The van der Waals surface area contributed by atoms with Gasteiger partial charge in [-0.2, -0.15) is 10.2 Å². The molecule has 8 fully saturated rings. The Labute approximate surface area is 672 Å². The second-order valence-corrected chi connectivity index (χ2v) is 33.5. The highest BCUT2D eigenvalue weighted by Crippen LogP contribution is 2.43. The first-order valence-electron chi connectivity index (χ1n) is 39.3. The zero-order valence-electron chi connectivity index (χ0n) is 64.1. The summed E-state index contributed by atoms with van der Waals surface area (Å²) in [5.74, 6) is 6.28. The molecule has 600 valence electrons. The number of aliphatic imine (C=N–C) groups is 1. The van der Waals surface area contributed by atoms with Crippen molar-refractivity contribution in [2.24, 2.45) is 33.7 Å². The minimum Gasteiger partial charge on any atom is -0.402 e. The number of hydrogen-bond donors (Lipinski definition) is 9. The second kappa shape index (κ2) is 36.4. The van der Waals surface area contributed by atoms with Crippen LogP contribution >= 0.6 is 35.3 Å². The van der Waals surface area contributed by atoms with E-state index in [0.29, 0.717) is 85.6 Å². The number of nitrogens with zero attached hydrogens (tertiary/aromatic N) is 15. The van der Waals surface area contributed by atoms with Crippen molar-refractivity contribution in [3.8, 4) is 0 Å². The van der Waals surface area contributed by atoms with E-state index in [9.17, 15) is 14.4 Å². The van der Waals surface area contributed by atoms with Crippen molar-refractivity contribution in [2.45, 2.75) is 173 Å². The summed E-state index contributed by atoms with van der Waals surface area (Å²) in [6, 6.07) is 31.3. The van der Waals surface area contributed by atoms with Crippen LogP contribution in [-0.4, -0.2) is 186 Å². The molecule has 5 aromatic heterocycles. The fraction of sp³-hybridized carbons (Fsp3) is 0.475. The summed E-state index contributed by atoms with van der Waals surface area (Å²) in [5.41, 5.74) is 17.5. The number of halogens is 1. The Balaban J connectivity index is 0.000000238. The molecule has 2 aliphatic carbocycles. The highest BCUT2D eigenvalue weighted by Gasteiger charge is 2.40.